The second-order valence-corrected chi connectivity index (χ2v) is 7.37. The van der Waals surface area contributed by atoms with Crippen molar-refractivity contribution in [2.45, 2.75) is 18.9 Å². The van der Waals surface area contributed by atoms with E-state index in [1.165, 1.54) is 6.26 Å². The van der Waals surface area contributed by atoms with Crippen molar-refractivity contribution in [3.05, 3.63) is 88.2 Å². The largest absolute Gasteiger partial charge is 0.507 e. The lowest BCUT2D eigenvalue weighted by atomic mass is 9.87. The van der Waals surface area contributed by atoms with E-state index in [0.29, 0.717) is 28.2 Å². The van der Waals surface area contributed by atoms with Gasteiger partial charge >= 0.3 is 5.63 Å². The average Bonchev–Trinajstić information content (AvgIpc) is 3.48. The van der Waals surface area contributed by atoms with Crippen molar-refractivity contribution in [3.8, 4) is 17.2 Å². The zero-order chi connectivity index (χ0) is 22.1. The fraction of sp³-hybridized carbons (Fsp3) is 0.167. The number of rotatable bonds is 6. The Morgan fingerprint density at radius 3 is 2.75 bits per heavy atom. The predicted molar refractivity (Wildman–Crippen MR) is 114 cm³/mol. The first-order chi connectivity index (χ1) is 15.6. The number of carbonyl (C=O) groups is 1. The number of aromatic hydroxyl groups is 1. The van der Waals surface area contributed by atoms with Crippen LogP contribution in [0, 0.1) is 0 Å². The van der Waals surface area contributed by atoms with Crippen LogP contribution >= 0.6 is 0 Å². The number of amides is 1. The normalized spacial score (nSPS) is 13.2. The van der Waals surface area contributed by atoms with Crippen LogP contribution in [0.3, 0.4) is 0 Å². The smallest absolute Gasteiger partial charge is 0.343 e. The van der Waals surface area contributed by atoms with Crippen molar-refractivity contribution in [2.24, 2.45) is 0 Å². The highest BCUT2D eigenvalue weighted by Gasteiger charge is 2.28. The maximum atomic E-state index is 12.9. The Labute approximate surface area is 182 Å². The van der Waals surface area contributed by atoms with Crippen LogP contribution in [-0.2, 0) is 11.3 Å². The van der Waals surface area contributed by atoms with Gasteiger partial charge in [-0.05, 0) is 42.0 Å². The molecule has 1 aliphatic heterocycles. The molecule has 1 amide bonds. The van der Waals surface area contributed by atoms with Gasteiger partial charge in [-0.3, -0.25) is 4.79 Å². The first kappa shape index (κ1) is 19.7. The Hall–Kier alpha value is -4.20. The molecular weight excluding hydrogens is 414 g/mol. The molecule has 0 fully saturated rings. The first-order valence-electron chi connectivity index (χ1n) is 10.0. The summed E-state index contributed by atoms with van der Waals surface area (Å²) in [6.45, 7) is 0.300. The van der Waals surface area contributed by atoms with Gasteiger partial charge in [0.15, 0.2) is 11.5 Å². The van der Waals surface area contributed by atoms with E-state index in [4.69, 9.17) is 18.3 Å². The average molecular weight is 433 g/mol. The predicted octanol–water partition coefficient (Wildman–Crippen LogP) is 3.66. The lowest BCUT2D eigenvalue weighted by Crippen LogP contribution is -2.26. The quantitative estimate of drug-likeness (QED) is 0.447. The van der Waals surface area contributed by atoms with Gasteiger partial charge in [0.05, 0.1) is 23.8 Å². The fourth-order valence-electron chi connectivity index (χ4n) is 3.83. The van der Waals surface area contributed by atoms with Gasteiger partial charge in [-0.1, -0.05) is 18.2 Å². The van der Waals surface area contributed by atoms with E-state index < -0.39 is 11.5 Å². The van der Waals surface area contributed by atoms with Crippen molar-refractivity contribution in [1.82, 2.24) is 5.32 Å². The molecule has 32 heavy (non-hydrogen) atoms. The zero-order valence-electron chi connectivity index (χ0n) is 16.9. The van der Waals surface area contributed by atoms with Crippen LogP contribution in [0.25, 0.3) is 11.0 Å². The lowest BCUT2D eigenvalue weighted by Gasteiger charge is -2.19. The highest BCUT2D eigenvalue weighted by atomic mass is 16.7. The Kier molecular flexibility index (Phi) is 5.03. The zero-order valence-corrected chi connectivity index (χ0v) is 16.9. The van der Waals surface area contributed by atoms with Crippen LogP contribution in [0.1, 0.15) is 29.2 Å². The summed E-state index contributed by atoms with van der Waals surface area (Å²) in [6.07, 6.45) is 1.42. The molecule has 162 valence electrons. The molecule has 3 heterocycles. The van der Waals surface area contributed by atoms with Crippen LogP contribution in [0.15, 0.2) is 74.5 Å². The molecule has 0 saturated carbocycles. The van der Waals surface area contributed by atoms with Gasteiger partial charge in [0.1, 0.15) is 17.1 Å². The van der Waals surface area contributed by atoms with Gasteiger partial charge < -0.3 is 28.7 Å². The number of fused-ring (bicyclic) bond motifs is 2. The number of hydrogen-bond acceptors (Lipinski definition) is 7. The van der Waals surface area contributed by atoms with E-state index in [9.17, 15) is 14.7 Å². The maximum absolute atomic E-state index is 12.9. The molecule has 0 radical (unpaired) electrons. The number of hydrogen-bond donors (Lipinski definition) is 2. The van der Waals surface area contributed by atoms with Crippen molar-refractivity contribution in [2.75, 3.05) is 6.79 Å². The SMILES string of the molecule is O=C(CC(c1ccc2c(c1)OCO2)c1c(O)c2ccccc2oc1=O)NCc1ccco1. The summed E-state index contributed by atoms with van der Waals surface area (Å²) in [4.78, 5) is 25.7. The van der Waals surface area contributed by atoms with E-state index in [1.54, 1.807) is 54.6 Å². The summed E-state index contributed by atoms with van der Waals surface area (Å²) >= 11 is 0. The maximum Gasteiger partial charge on any atom is 0.343 e. The Balaban J connectivity index is 1.55. The number of nitrogens with one attached hydrogen (secondary N) is 1. The Morgan fingerprint density at radius 2 is 1.91 bits per heavy atom. The van der Waals surface area contributed by atoms with Gasteiger partial charge in [-0.25, -0.2) is 4.79 Å². The summed E-state index contributed by atoms with van der Waals surface area (Å²) in [5.41, 5.74) is 0.184. The number of carbonyl (C=O) groups excluding carboxylic acids is 1. The molecule has 0 saturated heterocycles. The lowest BCUT2D eigenvalue weighted by molar-refractivity contribution is -0.121. The standard InChI is InChI=1S/C24H19NO7/c26-21(25-12-15-4-3-9-29-15)11-17(14-7-8-19-20(10-14)31-13-30-19)22-23(27)16-5-1-2-6-18(16)32-24(22)28/h1-10,17,27H,11-13H2,(H,25,26). The van der Waals surface area contributed by atoms with E-state index in [-0.39, 0.29) is 42.6 Å². The number of benzene rings is 2. The van der Waals surface area contributed by atoms with Crippen molar-refractivity contribution in [1.29, 1.82) is 0 Å². The minimum Gasteiger partial charge on any atom is -0.507 e. The number of para-hydroxylation sites is 1. The molecule has 0 spiro atoms. The van der Waals surface area contributed by atoms with Gasteiger partial charge in [-0.2, -0.15) is 0 Å². The summed E-state index contributed by atoms with van der Waals surface area (Å²) in [5, 5.41) is 14.2. The molecule has 1 atom stereocenters. The molecular formula is C24H19NO7. The third-order valence-electron chi connectivity index (χ3n) is 5.40. The van der Waals surface area contributed by atoms with E-state index in [0.717, 1.165) is 0 Å². The van der Waals surface area contributed by atoms with E-state index in [1.807, 2.05) is 0 Å². The molecule has 1 unspecified atom stereocenters. The van der Waals surface area contributed by atoms with E-state index >= 15 is 0 Å². The molecule has 0 aliphatic carbocycles. The molecule has 4 aromatic rings. The summed E-state index contributed by atoms with van der Waals surface area (Å²) < 4.78 is 21.5. The molecule has 1 aliphatic rings. The second kappa shape index (κ2) is 8.14. The van der Waals surface area contributed by atoms with Crippen LogP contribution < -0.4 is 20.4 Å². The summed E-state index contributed by atoms with van der Waals surface area (Å²) in [7, 11) is 0. The molecule has 2 N–H and O–H groups in total. The third-order valence-corrected chi connectivity index (χ3v) is 5.40. The van der Waals surface area contributed by atoms with E-state index in [2.05, 4.69) is 5.32 Å². The van der Waals surface area contributed by atoms with Gasteiger partial charge in [-0.15, -0.1) is 0 Å². The van der Waals surface area contributed by atoms with Crippen molar-refractivity contribution in [3.63, 3.8) is 0 Å². The molecule has 8 nitrogen and oxygen atoms in total. The van der Waals surface area contributed by atoms with Crippen molar-refractivity contribution < 1.29 is 28.2 Å². The minimum absolute atomic E-state index is 0.00992. The van der Waals surface area contributed by atoms with Gasteiger partial charge in [0.2, 0.25) is 12.7 Å². The number of furan rings is 1. The molecule has 2 aromatic heterocycles. The molecule has 0 bridgehead atoms. The van der Waals surface area contributed by atoms with Crippen LogP contribution in [0.5, 0.6) is 17.2 Å². The highest BCUT2D eigenvalue weighted by Crippen LogP contribution is 2.40. The van der Waals surface area contributed by atoms with Crippen LogP contribution in [-0.4, -0.2) is 17.8 Å². The second-order valence-electron chi connectivity index (χ2n) is 7.37. The summed E-state index contributed by atoms with van der Waals surface area (Å²) in [5.74, 6) is 0.375. The van der Waals surface area contributed by atoms with Gasteiger partial charge in [0, 0.05) is 12.3 Å². The molecule has 5 rings (SSSR count). The molecule has 8 heteroatoms. The van der Waals surface area contributed by atoms with Crippen molar-refractivity contribution >= 4 is 16.9 Å². The third kappa shape index (κ3) is 3.66. The number of ether oxygens (including phenoxy) is 2. The summed E-state index contributed by atoms with van der Waals surface area (Å²) in [6, 6.07) is 15.3. The molecule has 2 aromatic carbocycles. The first-order valence-corrected chi connectivity index (χ1v) is 10.0. The monoisotopic (exact) mass is 433 g/mol. The Bertz CT molecular complexity index is 1340. The van der Waals surface area contributed by atoms with Crippen LogP contribution in [0.4, 0.5) is 0 Å². The van der Waals surface area contributed by atoms with Crippen LogP contribution in [0.2, 0.25) is 0 Å². The minimum atomic E-state index is -0.776. The fourth-order valence-corrected chi connectivity index (χ4v) is 3.83. The topological polar surface area (TPSA) is 111 Å². The Morgan fingerprint density at radius 1 is 1.06 bits per heavy atom. The highest BCUT2D eigenvalue weighted by molar-refractivity contribution is 5.85. The van der Waals surface area contributed by atoms with Gasteiger partial charge in [0.25, 0.3) is 0 Å².